The van der Waals surface area contributed by atoms with Crippen LogP contribution in [0.1, 0.15) is 37.5 Å². The third kappa shape index (κ3) is 3.36. The first-order valence-electron chi connectivity index (χ1n) is 9.18. The molecule has 0 saturated heterocycles. The minimum Gasteiger partial charge on any atom is -0.384 e. The first kappa shape index (κ1) is 20.0. The number of nitrogens with two attached hydrogens (primary N) is 1. The molecule has 148 valence electrons. The van der Waals surface area contributed by atoms with Crippen LogP contribution in [0.5, 0.6) is 0 Å². The Morgan fingerprint density at radius 2 is 2.00 bits per heavy atom. The minimum absolute atomic E-state index is 0.0555. The molecule has 7 heteroatoms. The fourth-order valence-corrected chi connectivity index (χ4v) is 5.30. The van der Waals surface area contributed by atoms with Crippen molar-refractivity contribution in [1.29, 1.82) is 5.26 Å². The lowest BCUT2D eigenvalue weighted by molar-refractivity contribution is -0.118. The predicted molar refractivity (Wildman–Crippen MR) is 118 cm³/mol. The molecule has 4 rings (SSSR count). The van der Waals surface area contributed by atoms with Crippen molar-refractivity contribution in [2.24, 2.45) is 11.1 Å². The zero-order valence-corrected chi connectivity index (χ0v) is 18.3. The summed E-state index contributed by atoms with van der Waals surface area (Å²) in [7, 11) is 0. The largest absolute Gasteiger partial charge is 0.384 e. The number of Topliss-reactive ketones (excluding diaryl/α,β-unsaturated/α-hetero) is 1. The van der Waals surface area contributed by atoms with E-state index in [0.29, 0.717) is 45.5 Å². The van der Waals surface area contributed by atoms with Crippen LogP contribution in [0.2, 0.25) is 10.0 Å². The Bertz CT molecular complexity index is 1110. The van der Waals surface area contributed by atoms with E-state index in [-0.39, 0.29) is 11.2 Å². The fourth-order valence-electron chi connectivity index (χ4n) is 4.17. The van der Waals surface area contributed by atoms with Crippen LogP contribution in [0.25, 0.3) is 0 Å². The molecule has 1 aromatic carbocycles. The van der Waals surface area contributed by atoms with Gasteiger partial charge in [0.2, 0.25) is 0 Å². The van der Waals surface area contributed by atoms with E-state index in [1.54, 1.807) is 23.1 Å². The van der Waals surface area contributed by atoms with E-state index in [1.165, 1.54) is 11.3 Å². The molecule has 4 nitrogen and oxygen atoms in total. The maximum atomic E-state index is 13.3. The Kier molecular flexibility index (Phi) is 4.98. The summed E-state index contributed by atoms with van der Waals surface area (Å²) in [4.78, 5) is 16.1. The molecule has 0 saturated carbocycles. The van der Waals surface area contributed by atoms with Crippen molar-refractivity contribution in [3.8, 4) is 6.07 Å². The van der Waals surface area contributed by atoms with Crippen LogP contribution in [0.4, 0.5) is 5.69 Å². The Morgan fingerprint density at radius 3 is 2.62 bits per heavy atom. The van der Waals surface area contributed by atoms with Gasteiger partial charge in [-0.1, -0.05) is 43.1 Å². The van der Waals surface area contributed by atoms with Crippen LogP contribution in [0.3, 0.4) is 0 Å². The van der Waals surface area contributed by atoms with E-state index in [1.807, 2.05) is 17.5 Å². The van der Waals surface area contributed by atoms with Gasteiger partial charge in [0.05, 0.1) is 27.6 Å². The summed E-state index contributed by atoms with van der Waals surface area (Å²) < 4.78 is 0. The lowest BCUT2D eigenvalue weighted by atomic mass is 9.69. The lowest BCUT2D eigenvalue weighted by Gasteiger charge is -2.43. The molecule has 2 N–H and O–H groups in total. The minimum atomic E-state index is -0.433. The number of carbonyl (C=O) groups excluding carboxylic acids is 1. The number of anilines is 1. The van der Waals surface area contributed by atoms with Crippen molar-refractivity contribution >= 4 is 46.0 Å². The Hall–Kier alpha value is -2.26. The van der Waals surface area contributed by atoms with Crippen LogP contribution < -0.4 is 10.6 Å². The highest BCUT2D eigenvalue weighted by Crippen LogP contribution is 2.51. The molecule has 2 heterocycles. The molecule has 0 bridgehead atoms. The van der Waals surface area contributed by atoms with Crippen LogP contribution in [0.15, 0.2) is 58.4 Å². The Labute approximate surface area is 183 Å². The number of hydrogen-bond acceptors (Lipinski definition) is 5. The van der Waals surface area contributed by atoms with Gasteiger partial charge in [0.25, 0.3) is 0 Å². The zero-order valence-electron chi connectivity index (χ0n) is 16.0. The molecule has 29 heavy (non-hydrogen) atoms. The van der Waals surface area contributed by atoms with Crippen molar-refractivity contribution in [3.05, 3.63) is 73.3 Å². The van der Waals surface area contributed by atoms with Crippen molar-refractivity contribution in [1.82, 2.24) is 0 Å². The van der Waals surface area contributed by atoms with Gasteiger partial charge in [-0.3, -0.25) is 9.69 Å². The number of allylic oxidation sites excluding steroid dienone is 3. The van der Waals surface area contributed by atoms with Gasteiger partial charge in [-0.05, 0) is 41.5 Å². The quantitative estimate of drug-likeness (QED) is 0.617. The van der Waals surface area contributed by atoms with Gasteiger partial charge >= 0.3 is 0 Å². The number of ketones is 1. The molecule has 0 fully saturated rings. The zero-order chi connectivity index (χ0) is 20.9. The number of nitriles is 1. The average molecular weight is 444 g/mol. The van der Waals surface area contributed by atoms with E-state index >= 15 is 0 Å². The molecule has 1 aliphatic carbocycles. The van der Waals surface area contributed by atoms with Gasteiger partial charge in [-0.2, -0.15) is 5.26 Å². The predicted octanol–water partition coefficient (Wildman–Crippen LogP) is 6.00. The number of thiophene rings is 1. The normalized spacial score (nSPS) is 21.3. The number of rotatable bonds is 2. The van der Waals surface area contributed by atoms with Crippen LogP contribution in [0, 0.1) is 16.7 Å². The molecule has 1 aliphatic heterocycles. The van der Waals surface area contributed by atoms with Crippen LogP contribution in [-0.4, -0.2) is 5.78 Å². The molecule has 0 spiro atoms. The van der Waals surface area contributed by atoms with Crippen LogP contribution in [-0.2, 0) is 4.79 Å². The highest BCUT2D eigenvalue weighted by Gasteiger charge is 2.45. The Morgan fingerprint density at radius 1 is 1.24 bits per heavy atom. The summed E-state index contributed by atoms with van der Waals surface area (Å²) in [5.74, 6) is -0.0499. The van der Waals surface area contributed by atoms with Gasteiger partial charge in [-0.25, -0.2) is 0 Å². The monoisotopic (exact) mass is 443 g/mol. The topological polar surface area (TPSA) is 70.1 Å². The number of hydrogen-bond donors (Lipinski definition) is 1. The Balaban J connectivity index is 2.00. The van der Waals surface area contributed by atoms with Crippen molar-refractivity contribution < 1.29 is 4.79 Å². The van der Waals surface area contributed by atoms with Crippen molar-refractivity contribution in [2.75, 3.05) is 4.90 Å². The maximum absolute atomic E-state index is 13.3. The van der Waals surface area contributed by atoms with Crippen LogP contribution >= 0.6 is 34.5 Å². The van der Waals surface area contributed by atoms with E-state index in [0.717, 1.165) is 10.6 Å². The van der Waals surface area contributed by atoms with Gasteiger partial charge in [0.1, 0.15) is 5.82 Å². The first-order valence-corrected chi connectivity index (χ1v) is 10.8. The molecular weight excluding hydrogens is 425 g/mol. The average Bonchev–Trinajstić information content (AvgIpc) is 3.16. The molecule has 0 radical (unpaired) electrons. The molecule has 2 aromatic rings. The molecule has 0 amide bonds. The second kappa shape index (κ2) is 7.21. The smallest absolute Gasteiger partial charge is 0.162 e. The highest BCUT2D eigenvalue weighted by atomic mass is 35.5. The summed E-state index contributed by atoms with van der Waals surface area (Å²) >= 11 is 13.9. The summed E-state index contributed by atoms with van der Waals surface area (Å²) in [5.41, 5.74) is 8.90. The second-order valence-corrected chi connectivity index (χ2v) is 9.89. The maximum Gasteiger partial charge on any atom is 0.162 e. The first-order chi connectivity index (χ1) is 13.7. The SMILES string of the molecule is CC1(C)CC(=O)C2=C(C1)N(c1ccc(Cl)c(Cl)c1)C(N)=C(C#N)[C@H]2c1cccs1. The van der Waals surface area contributed by atoms with Gasteiger partial charge in [0.15, 0.2) is 5.78 Å². The van der Waals surface area contributed by atoms with E-state index in [2.05, 4.69) is 19.9 Å². The number of carbonyl (C=O) groups is 1. The lowest BCUT2D eigenvalue weighted by Crippen LogP contribution is -2.42. The highest BCUT2D eigenvalue weighted by molar-refractivity contribution is 7.10. The van der Waals surface area contributed by atoms with Gasteiger partial charge < -0.3 is 5.73 Å². The summed E-state index contributed by atoms with van der Waals surface area (Å²) in [6.45, 7) is 4.14. The number of nitrogens with zero attached hydrogens (tertiary/aromatic N) is 2. The molecule has 1 atom stereocenters. The van der Waals surface area contributed by atoms with Gasteiger partial charge in [-0.15, -0.1) is 11.3 Å². The van der Waals surface area contributed by atoms with E-state index in [4.69, 9.17) is 28.9 Å². The second-order valence-electron chi connectivity index (χ2n) is 8.09. The molecule has 1 aromatic heterocycles. The standard InChI is InChI=1S/C22H19Cl2N3OS/c1-22(2)9-16-20(17(28)10-22)19(18-4-3-7-29-18)13(11-25)21(26)27(16)12-5-6-14(23)15(24)8-12/h3-8,19H,9-10,26H2,1-2H3/t19-/m0/s1. The fraction of sp³-hybridized carbons (Fsp3) is 0.273. The van der Waals surface area contributed by atoms with E-state index in [9.17, 15) is 10.1 Å². The molecule has 0 unspecified atom stereocenters. The van der Waals surface area contributed by atoms with Gasteiger partial charge in [0, 0.05) is 28.3 Å². The van der Waals surface area contributed by atoms with E-state index < -0.39 is 5.92 Å². The summed E-state index contributed by atoms with van der Waals surface area (Å²) in [6, 6.07) is 11.4. The van der Waals surface area contributed by atoms with Crippen molar-refractivity contribution in [3.63, 3.8) is 0 Å². The number of benzene rings is 1. The summed E-state index contributed by atoms with van der Waals surface area (Å²) in [5, 5.41) is 12.8. The third-order valence-corrected chi connectivity index (χ3v) is 7.05. The molecular formula is C22H19Cl2N3OS. The molecule has 2 aliphatic rings. The summed E-state index contributed by atoms with van der Waals surface area (Å²) in [6.07, 6.45) is 1.09. The number of halogens is 2. The third-order valence-electron chi connectivity index (χ3n) is 5.37. The van der Waals surface area contributed by atoms with Crippen molar-refractivity contribution in [2.45, 2.75) is 32.6 Å².